The van der Waals surface area contributed by atoms with E-state index in [9.17, 15) is 9.59 Å². The Hall–Kier alpha value is -1.31. The first-order chi connectivity index (χ1) is 10.5. The topological polar surface area (TPSA) is 61.9 Å². The van der Waals surface area contributed by atoms with Crippen LogP contribution in [-0.2, 0) is 4.79 Å². The molecule has 0 aliphatic carbocycles. The number of benzene rings is 1. The third kappa shape index (κ3) is 5.09. The van der Waals surface area contributed by atoms with E-state index < -0.39 is 0 Å². The summed E-state index contributed by atoms with van der Waals surface area (Å²) in [5.74, 6) is 0.360. The molecule has 1 aromatic carbocycles. The highest BCUT2D eigenvalue weighted by atomic mass is 79.9. The second-order valence-electron chi connectivity index (χ2n) is 5.14. The van der Waals surface area contributed by atoms with E-state index in [1.807, 2.05) is 0 Å². The number of carbonyl (C=O) groups excluding carboxylic acids is 2. The van der Waals surface area contributed by atoms with Crippen LogP contribution in [0.1, 0.15) is 10.4 Å². The van der Waals surface area contributed by atoms with Crippen LogP contribution < -0.4 is 10.1 Å². The highest BCUT2D eigenvalue weighted by Gasteiger charge is 2.22. The van der Waals surface area contributed by atoms with Crippen molar-refractivity contribution in [3.05, 3.63) is 28.2 Å². The van der Waals surface area contributed by atoms with Gasteiger partial charge in [-0.2, -0.15) is 0 Å². The number of nitrogens with zero attached hydrogens (tertiary/aromatic N) is 2. The van der Waals surface area contributed by atoms with Crippen molar-refractivity contribution < 1.29 is 14.3 Å². The van der Waals surface area contributed by atoms with Crippen LogP contribution in [0.15, 0.2) is 22.7 Å². The monoisotopic (exact) mass is 405 g/mol. The largest absolute Gasteiger partial charge is 0.497 e. The van der Waals surface area contributed by atoms with E-state index in [-0.39, 0.29) is 30.8 Å². The second kappa shape index (κ2) is 9.10. The summed E-state index contributed by atoms with van der Waals surface area (Å²) >= 11 is 3.36. The lowest BCUT2D eigenvalue weighted by molar-refractivity contribution is -0.132. The molecular weight excluding hydrogens is 386 g/mol. The Morgan fingerprint density at radius 2 is 2.00 bits per heavy atom. The molecule has 1 N–H and O–H groups in total. The quantitative estimate of drug-likeness (QED) is 0.821. The summed E-state index contributed by atoms with van der Waals surface area (Å²) in [6.07, 6.45) is 0. The highest BCUT2D eigenvalue weighted by molar-refractivity contribution is 9.10. The predicted molar refractivity (Wildman–Crippen MR) is 94.4 cm³/mol. The van der Waals surface area contributed by atoms with Gasteiger partial charge in [0.1, 0.15) is 5.75 Å². The summed E-state index contributed by atoms with van der Waals surface area (Å²) in [5, 5.41) is 3.20. The van der Waals surface area contributed by atoms with E-state index in [4.69, 9.17) is 4.74 Å². The average molecular weight is 407 g/mol. The zero-order chi connectivity index (χ0) is 16.1. The molecule has 0 bridgehead atoms. The van der Waals surface area contributed by atoms with Crippen molar-refractivity contribution >= 4 is 40.2 Å². The molecule has 1 fully saturated rings. The number of methoxy groups -OCH3 is 1. The summed E-state index contributed by atoms with van der Waals surface area (Å²) in [5.41, 5.74) is 0.481. The van der Waals surface area contributed by atoms with Gasteiger partial charge in [0.05, 0.1) is 19.2 Å². The van der Waals surface area contributed by atoms with Gasteiger partial charge in [0.2, 0.25) is 5.91 Å². The van der Waals surface area contributed by atoms with Crippen molar-refractivity contribution in [1.29, 1.82) is 0 Å². The van der Waals surface area contributed by atoms with E-state index in [2.05, 4.69) is 21.2 Å². The van der Waals surface area contributed by atoms with E-state index >= 15 is 0 Å². The van der Waals surface area contributed by atoms with Crippen LogP contribution in [0.5, 0.6) is 5.75 Å². The molecule has 8 heteroatoms. The minimum atomic E-state index is -0.214. The molecule has 128 valence electrons. The maximum Gasteiger partial charge on any atom is 0.255 e. The van der Waals surface area contributed by atoms with Crippen LogP contribution in [-0.4, -0.2) is 68.5 Å². The molecule has 0 saturated carbocycles. The predicted octanol–water partition coefficient (Wildman–Crippen LogP) is 1.38. The average Bonchev–Trinajstić information content (AvgIpc) is 2.55. The van der Waals surface area contributed by atoms with Crippen molar-refractivity contribution in [1.82, 2.24) is 15.1 Å². The lowest BCUT2D eigenvalue weighted by atomic mass is 10.2. The summed E-state index contributed by atoms with van der Waals surface area (Å²) < 4.78 is 5.82. The van der Waals surface area contributed by atoms with E-state index in [1.54, 1.807) is 37.3 Å². The Morgan fingerprint density at radius 3 is 2.61 bits per heavy atom. The highest BCUT2D eigenvalue weighted by Crippen LogP contribution is 2.23. The summed E-state index contributed by atoms with van der Waals surface area (Å²) in [4.78, 5) is 27.9. The van der Waals surface area contributed by atoms with Crippen LogP contribution in [0.2, 0.25) is 0 Å². The number of halogens is 2. The van der Waals surface area contributed by atoms with Gasteiger partial charge in [-0.3, -0.25) is 9.59 Å². The van der Waals surface area contributed by atoms with Gasteiger partial charge in [-0.1, -0.05) is 0 Å². The minimum Gasteiger partial charge on any atom is -0.497 e. The van der Waals surface area contributed by atoms with Gasteiger partial charge in [-0.25, -0.2) is 0 Å². The molecule has 6 nitrogen and oxygen atoms in total. The van der Waals surface area contributed by atoms with Gasteiger partial charge in [0.15, 0.2) is 0 Å². The summed E-state index contributed by atoms with van der Waals surface area (Å²) in [6, 6.07) is 5.20. The Morgan fingerprint density at radius 1 is 1.35 bits per heavy atom. The Balaban J connectivity index is 0.00000264. The number of likely N-dealkylation sites (N-methyl/N-ethyl adjacent to an activating group) is 1. The number of nitrogens with one attached hydrogen (secondary N) is 1. The maximum absolute atomic E-state index is 12.5. The van der Waals surface area contributed by atoms with Crippen molar-refractivity contribution in [3.8, 4) is 5.75 Å². The summed E-state index contributed by atoms with van der Waals surface area (Å²) in [6.45, 7) is 3.03. The van der Waals surface area contributed by atoms with Crippen LogP contribution in [0.25, 0.3) is 0 Å². The van der Waals surface area contributed by atoms with Crippen LogP contribution in [0.4, 0.5) is 0 Å². The Kier molecular flexibility index (Phi) is 7.81. The molecule has 1 aliphatic rings. The van der Waals surface area contributed by atoms with Gasteiger partial charge in [0.25, 0.3) is 5.91 Å². The Labute approximate surface area is 150 Å². The number of amides is 2. The lowest BCUT2D eigenvalue weighted by Crippen LogP contribution is -2.49. The molecule has 1 aromatic rings. The first-order valence-corrected chi connectivity index (χ1v) is 7.89. The lowest BCUT2D eigenvalue weighted by Gasteiger charge is -2.29. The molecule has 0 radical (unpaired) electrons. The third-order valence-corrected chi connectivity index (χ3v) is 4.28. The molecule has 1 heterocycles. The normalized spacial score (nSPS) is 14.0. The van der Waals surface area contributed by atoms with Crippen LogP contribution in [0.3, 0.4) is 0 Å². The third-order valence-electron chi connectivity index (χ3n) is 3.59. The fraction of sp³-hybridized carbons (Fsp3) is 0.467. The van der Waals surface area contributed by atoms with Gasteiger partial charge in [-0.05, 0) is 34.1 Å². The molecule has 0 spiro atoms. The molecule has 23 heavy (non-hydrogen) atoms. The summed E-state index contributed by atoms with van der Waals surface area (Å²) in [7, 11) is 3.18. The minimum absolute atomic E-state index is 0. The molecule has 1 saturated heterocycles. The van der Waals surface area contributed by atoms with Gasteiger partial charge >= 0.3 is 0 Å². The van der Waals surface area contributed by atoms with Gasteiger partial charge in [0, 0.05) is 37.7 Å². The molecule has 2 amide bonds. The molecular formula is C15H21BrClN3O3. The van der Waals surface area contributed by atoms with Crippen LogP contribution >= 0.6 is 28.3 Å². The van der Waals surface area contributed by atoms with Crippen molar-refractivity contribution in [2.24, 2.45) is 0 Å². The maximum atomic E-state index is 12.5. The van der Waals surface area contributed by atoms with E-state index in [0.717, 1.165) is 13.1 Å². The van der Waals surface area contributed by atoms with Crippen molar-refractivity contribution in [2.75, 3.05) is 46.9 Å². The standard InChI is InChI=1S/C15H20BrN3O3.ClH/c1-18(10-14(20)19-7-5-17-6-8-19)15(21)12-9-11(22-2)3-4-13(12)16;/h3-4,9,17H,5-8,10H2,1-2H3;1H. The molecule has 0 aromatic heterocycles. The number of hydrogen-bond donors (Lipinski definition) is 1. The first kappa shape index (κ1) is 19.7. The fourth-order valence-corrected chi connectivity index (χ4v) is 2.71. The fourth-order valence-electron chi connectivity index (χ4n) is 2.29. The number of ether oxygens (including phenoxy) is 1. The molecule has 1 aliphatic heterocycles. The molecule has 0 unspecified atom stereocenters. The SMILES string of the molecule is COc1ccc(Br)c(C(=O)N(C)CC(=O)N2CCNCC2)c1.Cl. The van der Waals surface area contributed by atoms with Gasteiger partial charge in [-0.15, -0.1) is 12.4 Å². The smallest absolute Gasteiger partial charge is 0.255 e. The van der Waals surface area contributed by atoms with E-state index in [1.165, 1.54) is 4.90 Å². The van der Waals surface area contributed by atoms with Crippen molar-refractivity contribution in [2.45, 2.75) is 0 Å². The number of carbonyl (C=O) groups is 2. The zero-order valence-corrected chi connectivity index (χ0v) is 15.6. The number of piperazine rings is 1. The second-order valence-corrected chi connectivity index (χ2v) is 5.99. The van der Waals surface area contributed by atoms with Gasteiger partial charge < -0.3 is 19.9 Å². The molecule has 2 rings (SSSR count). The molecule has 0 atom stereocenters. The van der Waals surface area contributed by atoms with E-state index in [0.29, 0.717) is 28.9 Å². The Bertz CT molecular complexity index is 565. The zero-order valence-electron chi connectivity index (χ0n) is 13.2. The van der Waals surface area contributed by atoms with Crippen molar-refractivity contribution in [3.63, 3.8) is 0 Å². The number of rotatable bonds is 4. The first-order valence-electron chi connectivity index (χ1n) is 7.10. The number of hydrogen-bond acceptors (Lipinski definition) is 4. The van der Waals surface area contributed by atoms with Crippen LogP contribution in [0, 0.1) is 0 Å².